The molecule has 0 saturated heterocycles. The topological polar surface area (TPSA) is 66.4 Å². The Morgan fingerprint density at radius 2 is 2.00 bits per heavy atom. The Labute approximate surface area is 124 Å². The minimum absolute atomic E-state index is 0.159. The van der Waals surface area contributed by atoms with Crippen molar-refractivity contribution >= 4 is 27.8 Å². The highest BCUT2D eigenvalue weighted by Crippen LogP contribution is 2.30. The molecule has 0 unspecified atom stereocenters. The van der Waals surface area contributed by atoms with Crippen molar-refractivity contribution < 1.29 is 19.1 Å². The number of aliphatic carboxylic acids is 1. The van der Waals surface area contributed by atoms with Gasteiger partial charge < -0.3 is 10.4 Å². The molecule has 0 heterocycles. The van der Waals surface area contributed by atoms with Crippen LogP contribution in [0.25, 0.3) is 0 Å². The van der Waals surface area contributed by atoms with Gasteiger partial charge in [-0.25, -0.2) is 9.18 Å². The van der Waals surface area contributed by atoms with Crippen LogP contribution >= 0.6 is 15.9 Å². The van der Waals surface area contributed by atoms with Crippen LogP contribution in [0.3, 0.4) is 0 Å². The van der Waals surface area contributed by atoms with Gasteiger partial charge in [0, 0.05) is 4.47 Å². The van der Waals surface area contributed by atoms with Gasteiger partial charge in [0.1, 0.15) is 11.4 Å². The van der Waals surface area contributed by atoms with Gasteiger partial charge >= 0.3 is 5.97 Å². The van der Waals surface area contributed by atoms with Crippen molar-refractivity contribution in [1.82, 2.24) is 5.32 Å². The van der Waals surface area contributed by atoms with Gasteiger partial charge in [0.25, 0.3) is 0 Å². The summed E-state index contributed by atoms with van der Waals surface area (Å²) in [6.07, 6.45) is 2.25. The number of hydrogen-bond acceptors (Lipinski definition) is 2. The lowest BCUT2D eigenvalue weighted by Crippen LogP contribution is -2.53. The highest BCUT2D eigenvalue weighted by molar-refractivity contribution is 9.10. The molecule has 0 atom stereocenters. The first-order chi connectivity index (χ1) is 9.43. The van der Waals surface area contributed by atoms with E-state index in [9.17, 15) is 19.1 Å². The molecule has 1 amide bonds. The standard InChI is InChI=1S/C14H15BrFNO3/c15-10-4-3-9(11(16)8-10)7-12(18)17-14(13(19)20)5-1-2-6-14/h3-4,8H,1-2,5-7H2,(H,17,18)(H,19,20). The van der Waals surface area contributed by atoms with Crippen LogP contribution in [0.2, 0.25) is 0 Å². The van der Waals surface area contributed by atoms with Gasteiger partial charge in [-0.15, -0.1) is 0 Å². The van der Waals surface area contributed by atoms with Crippen LogP contribution in [0.1, 0.15) is 31.2 Å². The molecule has 0 radical (unpaired) electrons. The molecular weight excluding hydrogens is 329 g/mol. The number of hydrogen-bond donors (Lipinski definition) is 2. The first-order valence-electron chi connectivity index (χ1n) is 6.41. The second kappa shape index (κ2) is 5.91. The number of benzene rings is 1. The van der Waals surface area contributed by atoms with E-state index < -0.39 is 23.2 Å². The van der Waals surface area contributed by atoms with Crippen molar-refractivity contribution in [2.45, 2.75) is 37.6 Å². The van der Waals surface area contributed by atoms with Crippen LogP contribution in [0.15, 0.2) is 22.7 Å². The lowest BCUT2D eigenvalue weighted by molar-refractivity contribution is -0.147. The lowest BCUT2D eigenvalue weighted by Gasteiger charge is -2.25. The Bertz CT molecular complexity index is 541. The average Bonchev–Trinajstić information content (AvgIpc) is 2.82. The number of rotatable bonds is 4. The molecule has 20 heavy (non-hydrogen) atoms. The maximum atomic E-state index is 13.7. The quantitative estimate of drug-likeness (QED) is 0.883. The number of nitrogens with one attached hydrogen (secondary N) is 1. The van der Waals surface area contributed by atoms with Crippen molar-refractivity contribution in [2.75, 3.05) is 0 Å². The van der Waals surface area contributed by atoms with E-state index in [-0.39, 0.29) is 12.0 Å². The van der Waals surface area contributed by atoms with E-state index in [1.54, 1.807) is 6.07 Å². The molecule has 108 valence electrons. The summed E-state index contributed by atoms with van der Waals surface area (Å²) in [5, 5.41) is 11.8. The molecule has 0 aliphatic heterocycles. The van der Waals surface area contributed by atoms with Gasteiger partial charge in [0.2, 0.25) is 5.91 Å². The number of carbonyl (C=O) groups excluding carboxylic acids is 1. The summed E-state index contributed by atoms with van der Waals surface area (Å²) in [5.74, 6) is -1.96. The van der Waals surface area contributed by atoms with E-state index >= 15 is 0 Å². The number of halogens is 2. The number of carboxylic acids is 1. The predicted octanol–water partition coefficient (Wildman–Crippen LogP) is 2.64. The van der Waals surface area contributed by atoms with Crippen LogP contribution in [0.4, 0.5) is 4.39 Å². The third-order valence-electron chi connectivity index (χ3n) is 3.61. The summed E-state index contributed by atoms with van der Waals surface area (Å²) in [4.78, 5) is 23.3. The SMILES string of the molecule is O=C(Cc1ccc(Br)cc1F)NC1(C(=O)O)CCCC1. The van der Waals surface area contributed by atoms with Crippen LogP contribution in [-0.2, 0) is 16.0 Å². The van der Waals surface area contributed by atoms with Crippen LogP contribution in [0.5, 0.6) is 0 Å². The summed E-state index contributed by atoms with van der Waals surface area (Å²) in [5.41, 5.74) is -0.924. The van der Waals surface area contributed by atoms with Gasteiger partial charge in [-0.05, 0) is 30.5 Å². The van der Waals surface area contributed by atoms with Crippen molar-refractivity contribution in [3.63, 3.8) is 0 Å². The summed E-state index contributed by atoms with van der Waals surface area (Å²) in [6.45, 7) is 0. The van der Waals surface area contributed by atoms with Gasteiger partial charge in [-0.2, -0.15) is 0 Å². The van der Waals surface area contributed by atoms with Crippen LogP contribution in [0, 0.1) is 5.82 Å². The van der Waals surface area contributed by atoms with Gasteiger partial charge in [0.05, 0.1) is 6.42 Å². The van der Waals surface area contributed by atoms with Crippen LogP contribution in [-0.4, -0.2) is 22.5 Å². The molecule has 1 fully saturated rings. The Morgan fingerprint density at radius 1 is 1.35 bits per heavy atom. The minimum Gasteiger partial charge on any atom is -0.480 e. The highest BCUT2D eigenvalue weighted by atomic mass is 79.9. The third kappa shape index (κ3) is 3.17. The molecule has 1 aliphatic carbocycles. The Kier molecular flexibility index (Phi) is 4.42. The molecule has 2 N–H and O–H groups in total. The molecular formula is C14H15BrFNO3. The van der Waals surface area contributed by atoms with E-state index in [2.05, 4.69) is 21.2 Å². The highest BCUT2D eigenvalue weighted by Gasteiger charge is 2.42. The normalized spacial score (nSPS) is 16.9. The summed E-state index contributed by atoms with van der Waals surface area (Å²) in [7, 11) is 0. The second-order valence-corrected chi connectivity index (χ2v) is 5.97. The zero-order valence-electron chi connectivity index (χ0n) is 10.8. The summed E-state index contributed by atoms with van der Waals surface area (Å²) >= 11 is 3.14. The molecule has 0 aromatic heterocycles. The van der Waals surface area contributed by atoms with Crippen molar-refractivity contribution in [3.8, 4) is 0 Å². The number of amides is 1. The zero-order valence-corrected chi connectivity index (χ0v) is 12.4. The predicted molar refractivity (Wildman–Crippen MR) is 74.8 cm³/mol. The van der Waals surface area contributed by atoms with Gasteiger partial charge in [-0.1, -0.05) is 34.8 Å². The summed E-state index contributed by atoms with van der Waals surface area (Å²) in [6, 6.07) is 4.44. The van der Waals surface area contributed by atoms with Gasteiger partial charge in [-0.3, -0.25) is 4.79 Å². The van der Waals surface area contributed by atoms with E-state index in [1.807, 2.05) is 0 Å². The third-order valence-corrected chi connectivity index (χ3v) is 4.10. The molecule has 0 bridgehead atoms. The van der Waals surface area contributed by atoms with Crippen LogP contribution < -0.4 is 5.32 Å². The van der Waals surface area contributed by atoms with Crippen molar-refractivity contribution in [2.24, 2.45) is 0 Å². The Morgan fingerprint density at radius 3 is 2.55 bits per heavy atom. The molecule has 1 aromatic rings. The molecule has 0 spiro atoms. The fraction of sp³-hybridized carbons (Fsp3) is 0.429. The number of carboxylic acid groups (broad SMARTS) is 1. The van der Waals surface area contributed by atoms with Crippen molar-refractivity contribution in [1.29, 1.82) is 0 Å². The Balaban J connectivity index is 2.07. The fourth-order valence-electron chi connectivity index (χ4n) is 2.52. The Hall–Kier alpha value is -1.43. The maximum absolute atomic E-state index is 13.7. The molecule has 1 aromatic carbocycles. The van der Waals surface area contributed by atoms with Crippen molar-refractivity contribution in [3.05, 3.63) is 34.1 Å². The zero-order chi connectivity index (χ0) is 14.8. The summed E-state index contributed by atoms with van der Waals surface area (Å²) < 4.78 is 14.2. The largest absolute Gasteiger partial charge is 0.480 e. The molecule has 1 aliphatic rings. The van der Waals surface area contributed by atoms with E-state index in [0.717, 1.165) is 12.8 Å². The lowest BCUT2D eigenvalue weighted by atomic mass is 9.97. The van der Waals surface area contributed by atoms with E-state index in [4.69, 9.17) is 0 Å². The fourth-order valence-corrected chi connectivity index (χ4v) is 2.85. The second-order valence-electron chi connectivity index (χ2n) is 5.06. The van der Waals surface area contributed by atoms with E-state index in [0.29, 0.717) is 17.3 Å². The minimum atomic E-state index is -1.18. The molecule has 6 heteroatoms. The molecule has 1 saturated carbocycles. The van der Waals surface area contributed by atoms with Gasteiger partial charge in [0.15, 0.2) is 0 Å². The van der Waals surface area contributed by atoms with E-state index in [1.165, 1.54) is 12.1 Å². The molecule has 4 nitrogen and oxygen atoms in total. The average molecular weight is 344 g/mol. The number of carbonyl (C=O) groups is 2. The first kappa shape index (κ1) is 15.0. The maximum Gasteiger partial charge on any atom is 0.329 e. The molecule has 2 rings (SSSR count). The monoisotopic (exact) mass is 343 g/mol. The smallest absolute Gasteiger partial charge is 0.329 e. The first-order valence-corrected chi connectivity index (χ1v) is 7.21.